The summed E-state index contributed by atoms with van der Waals surface area (Å²) < 4.78 is 5.11. The van der Waals surface area contributed by atoms with Crippen molar-refractivity contribution in [3.63, 3.8) is 0 Å². The van der Waals surface area contributed by atoms with Crippen molar-refractivity contribution in [1.29, 1.82) is 0 Å². The maximum absolute atomic E-state index is 5.11. The zero-order valence-corrected chi connectivity index (χ0v) is 14.7. The van der Waals surface area contributed by atoms with Gasteiger partial charge in [0, 0.05) is 36.7 Å². The number of fused-ring (bicyclic) bond motifs is 1. The summed E-state index contributed by atoms with van der Waals surface area (Å²) >= 11 is 0. The Morgan fingerprint density at radius 2 is 1.77 bits per heavy atom. The zero-order valence-electron chi connectivity index (χ0n) is 14.7. The molecule has 0 atom stereocenters. The molecule has 1 aromatic carbocycles. The first-order chi connectivity index (χ1) is 10.3. The van der Waals surface area contributed by atoms with E-state index in [1.165, 1.54) is 22.1 Å². The molecular formula is C19H28N2O. The molecule has 0 aliphatic rings. The molecular weight excluding hydrogens is 272 g/mol. The van der Waals surface area contributed by atoms with Gasteiger partial charge in [0.1, 0.15) is 0 Å². The van der Waals surface area contributed by atoms with E-state index in [1.54, 1.807) is 7.11 Å². The van der Waals surface area contributed by atoms with E-state index in [0.717, 1.165) is 30.9 Å². The van der Waals surface area contributed by atoms with E-state index in [0.29, 0.717) is 0 Å². The molecule has 2 aromatic rings. The van der Waals surface area contributed by atoms with Crippen LogP contribution in [0.25, 0.3) is 10.9 Å². The molecule has 0 saturated heterocycles. The van der Waals surface area contributed by atoms with E-state index < -0.39 is 0 Å². The van der Waals surface area contributed by atoms with Crippen LogP contribution in [0, 0.1) is 13.8 Å². The normalized spacial score (nSPS) is 12.1. The first-order valence-corrected chi connectivity index (χ1v) is 7.94. The maximum atomic E-state index is 5.11. The van der Waals surface area contributed by atoms with Gasteiger partial charge in [-0.2, -0.15) is 0 Å². The lowest BCUT2D eigenvalue weighted by Crippen LogP contribution is -2.20. The number of nitrogens with one attached hydrogen (secondary N) is 1. The molecule has 120 valence electrons. The van der Waals surface area contributed by atoms with Crippen LogP contribution in [-0.2, 0) is 16.7 Å². The lowest BCUT2D eigenvalue weighted by molar-refractivity contribution is 0.199. The van der Waals surface area contributed by atoms with Crippen LogP contribution in [0.15, 0.2) is 18.2 Å². The number of ether oxygens (including phenoxy) is 1. The Kier molecular flexibility index (Phi) is 5.20. The Hall–Kier alpha value is -1.45. The van der Waals surface area contributed by atoms with Crippen LogP contribution >= 0.6 is 0 Å². The van der Waals surface area contributed by atoms with E-state index in [-0.39, 0.29) is 5.41 Å². The smallest absolute Gasteiger partial charge is 0.0711 e. The molecule has 0 unspecified atom stereocenters. The van der Waals surface area contributed by atoms with Crippen molar-refractivity contribution >= 4 is 10.9 Å². The van der Waals surface area contributed by atoms with Crippen LogP contribution in [0.2, 0.25) is 0 Å². The van der Waals surface area contributed by atoms with Gasteiger partial charge in [-0.1, -0.05) is 20.8 Å². The molecule has 0 saturated carbocycles. The number of pyridine rings is 1. The van der Waals surface area contributed by atoms with Crippen molar-refractivity contribution in [2.45, 2.75) is 46.6 Å². The minimum atomic E-state index is 0.0499. The van der Waals surface area contributed by atoms with E-state index in [9.17, 15) is 0 Å². The highest BCUT2D eigenvalue weighted by atomic mass is 16.5. The first kappa shape index (κ1) is 16.9. The van der Waals surface area contributed by atoms with E-state index in [2.05, 4.69) is 58.1 Å². The minimum Gasteiger partial charge on any atom is -0.383 e. The number of methoxy groups -OCH3 is 1. The number of nitrogens with zero attached hydrogens (tertiary/aromatic N) is 1. The standard InChI is InChI=1S/C19H28N2O/c1-13-9-16-15(12-20-7-8-22-6)11-18(19(3,4)5)21-17(16)10-14(13)2/h9-11,20H,7-8,12H2,1-6H3. The second-order valence-corrected chi connectivity index (χ2v) is 7.04. The summed E-state index contributed by atoms with van der Waals surface area (Å²) in [5, 5.41) is 4.71. The third-order valence-electron chi connectivity index (χ3n) is 4.08. The van der Waals surface area contributed by atoms with Gasteiger partial charge in [-0.25, -0.2) is 0 Å². The second kappa shape index (κ2) is 6.76. The van der Waals surface area contributed by atoms with E-state index >= 15 is 0 Å². The molecule has 0 amide bonds. The molecule has 0 spiro atoms. The van der Waals surface area contributed by atoms with Crippen molar-refractivity contribution < 1.29 is 4.74 Å². The average molecular weight is 300 g/mol. The van der Waals surface area contributed by atoms with Crippen molar-refractivity contribution in [3.05, 3.63) is 40.6 Å². The van der Waals surface area contributed by atoms with Gasteiger partial charge in [0.2, 0.25) is 0 Å². The number of hydrogen-bond donors (Lipinski definition) is 1. The van der Waals surface area contributed by atoms with E-state index in [4.69, 9.17) is 9.72 Å². The number of rotatable bonds is 5. The fraction of sp³-hybridized carbons (Fsp3) is 0.526. The summed E-state index contributed by atoms with van der Waals surface area (Å²) in [6.07, 6.45) is 0. The van der Waals surface area contributed by atoms with Gasteiger partial charge in [0.25, 0.3) is 0 Å². The number of benzene rings is 1. The average Bonchev–Trinajstić information content (AvgIpc) is 2.44. The van der Waals surface area contributed by atoms with Gasteiger partial charge in [0.05, 0.1) is 12.1 Å². The summed E-state index contributed by atoms with van der Waals surface area (Å²) in [5.41, 5.74) is 6.22. The van der Waals surface area contributed by atoms with Crippen molar-refractivity contribution in [1.82, 2.24) is 10.3 Å². The van der Waals surface area contributed by atoms with Crippen LogP contribution < -0.4 is 5.32 Å². The Labute approximate surface area is 134 Å². The molecule has 2 rings (SSSR count). The summed E-state index contributed by atoms with van der Waals surface area (Å²) in [4.78, 5) is 4.90. The third-order valence-corrected chi connectivity index (χ3v) is 4.08. The summed E-state index contributed by atoms with van der Waals surface area (Å²) in [7, 11) is 1.73. The predicted molar refractivity (Wildman–Crippen MR) is 93.5 cm³/mol. The Balaban J connectivity index is 2.47. The Morgan fingerprint density at radius 3 is 2.41 bits per heavy atom. The molecule has 0 aliphatic carbocycles. The molecule has 0 aliphatic heterocycles. The van der Waals surface area contributed by atoms with Crippen molar-refractivity contribution in [2.24, 2.45) is 0 Å². The molecule has 1 aromatic heterocycles. The van der Waals surface area contributed by atoms with Crippen LogP contribution in [0.4, 0.5) is 0 Å². The molecule has 22 heavy (non-hydrogen) atoms. The van der Waals surface area contributed by atoms with Gasteiger partial charge in [-0.15, -0.1) is 0 Å². The first-order valence-electron chi connectivity index (χ1n) is 7.94. The Bertz CT molecular complexity index is 657. The third kappa shape index (κ3) is 3.84. The van der Waals surface area contributed by atoms with Gasteiger partial charge in [-0.05, 0) is 48.7 Å². The highest BCUT2D eigenvalue weighted by molar-refractivity contribution is 5.84. The van der Waals surface area contributed by atoms with Crippen LogP contribution in [0.5, 0.6) is 0 Å². The van der Waals surface area contributed by atoms with Gasteiger partial charge >= 0.3 is 0 Å². The second-order valence-electron chi connectivity index (χ2n) is 7.04. The largest absolute Gasteiger partial charge is 0.383 e. The molecule has 1 N–H and O–H groups in total. The molecule has 0 radical (unpaired) electrons. The SMILES string of the molecule is COCCNCc1cc(C(C)(C)C)nc2cc(C)c(C)cc12. The summed E-state index contributed by atoms with van der Waals surface area (Å²) in [6.45, 7) is 13.4. The highest BCUT2D eigenvalue weighted by Crippen LogP contribution is 2.28. The summed E-state index contributed by atoms with van der Waals surface area (Å²) in [6, 6.07) is 6.72. The van der Waals surface area contributed by atoms with E-state index in [1.807, 2.05) is 0 Å². The number of aromatic nitrogens is 1. The molecule has 0 fully saturated rings. The zero-order chi connectivity index (χ0) is 16.3. The predicted octanol–water partition coefficient (Wildman–Crippen LogP) is 3.89. The topological polar surface area (TPSA) is 34.1 Å². The highest BCUT2D eigenvalue weighted by Gasteiger charge is 2.18. The fourth-order valence-corrected chi connectivity index (χ4v) is 2.48. The molecule has 3 nitrogen and oxygen atoms in total. The lowest BCUT2D eigenvalue weighted by Gasteiger charge is -2.21. The number of aryl methyl sites for hydroxylation is 2. The molecule has 1 heterocycles. The van der Waals surface area contributed by atoms with Crippen molar-refractivity contribution in [2.75, 3.05) is 20.3 Å². The van der Waals surface area contributed by atoms with Gasteiger partial charge < -0.3 is 10.1 Å². The minimum absolute atomic E-state index is 0.0499. The lowest BCUT2D eigenvalue weighted by atomic mass is 9.89. The molecule has 0 bridgehead atoms. The maximum Gasteiger partial charge on any atom is 0.0711 e. The number of hydrogen-bond acceptors (Lipinski definition) is 3. The summed E-state index contributed by atoms with van der Waals surface area (Å²) in [5.74, 6) is 0. The Morgan fingerprint density at radius 1 is 1.09 bits per heavy atom. The van der Waals surface area contributed by atoms with Gasteiger partial charge in [-0.3, -0.25) is 4.98 Å². The fourth-order valence-electron chi connectivity index (χ4n) is 2.48. The van der Waals surface area contributed by atoms with Crippen LogP contribution in [0.1, 0.15) is 43.2 Å². The quantitative estimate of drug-likeness (QED) is 0.851. The van der Waals surface area contributed by atoms with Crippen LogP contribution in [0.3, 0.4) is 0 Å². The van der Waals surface area contributed by atoms with Crippen molar-refractivity contribution in [3.8, 4) is 0 Å². The molecule has 3 heteroatoms. The van der Waals surface area contributed by atoms with Gasteiger partial charge in [0.15, 0.2) is 0 Å². The van der Waals surface area contributed by atoms with Crippen LogP contribution in [-0.4, -0.2) is 25.2 Å². The monoisotopic (exact) mass is 300 g/mol.